The Balaban J connectivity index is 3.02. The monoisotopic (exact) mass is 333 g/mol. The molecule has 4 nitrogen and oxygen atoms in total. The van der Waals surface area contributed by atoms with E-state index in [4.69, 9.17) is 41.2 Å². The number of hydrogen-bond donors (Lipinski definition) is 2. The maximum Gasteiger partial charge on any atom is 0.186 e. The van der Waals surface area contributed by atoms with E-state index in [-0.39, 0.29) is 21.3 Å². The van der Waals surface area contributed by atoms with E-state index < -0.39 is 0 Å². The van der Waals surface area contributed by atoms with Gasteiger partial charge in [0.05, 0.1) is 11.2 Å². The zero-order valence-corrected chi connectivity index (χ0v) is 13.9. The van der Waals surface area contributed by atoms with Gasteiger partial charge in [0.25, 0.3) is 0 Å². The molecule has 3 N–H and O–H groups in total. The summed E-state index contributed by atoms with van der Waals surface area (Å²) in [5.41, 5.74) is 6.00. The van der Waals surface area contributed by atoms with E-state index in [1.807, 2.05) is 20.8 Å². The van der Waals surface area contributed by atoms with E-state index in [2.05, 4.69) is 5.10 Å². The van der Waals surface area contributed by atoms with Gasteiger partial charge in [-0.2, -0.15) is 5.10 Å². The van der Waals surface area contributed by atoms with E-state index in [0.29, 0.717) is 17.1 Å². The van der Waals surface area contributed by atoms with Gasteiger partial charge in [0.1, 0.15) is 5.75 Å². The second-order valence-corrected chi connectivity index (χ2v) is 6.79. The molecule has 0 saturated carbocycles. The fourth-order valence-corrected chi connectivity index (χ4v) is 2.06. The highest BCUT2D eigenvalue weighted by molar-refractivity contribution is 7.80. The third-order valence-corrected chi connectivity index (χ3v) is 2.99. The van der Waals surface area contributed by atoms with Gasteiger partial charge >= 0.3 is 0 Å². The van der Waals surface area contributed by atoms with Gasteiger partial charge in [-0.1, -0.05) is 44.0 Å². The van der Waals surface area contributed by atoms with Crippen LogP contribution in [-0.2, 0) is 0 Å². The molecule has 0 aliphatic heterocycles. The number of nitrogens with zero attached hydrogens (tertiary/aromatic N) is 2. The lowest BCUT2D eigenvalue weighted by Crippen LogP contribution is -2.37. The molecule has 0 fully saturated rings. The van der Waals surface area contributed by atoms with Crippen molar-refractivity contribution >= 4 is 46.7 Å². The van der Waals surface area contributed by atoms with Gasteiger partial charge in [-0.05, 0) is 29.8 Å². The van der Waals surface area contributed by atoms with E-state index in [9.17, 15) is 5.11 Å². The molecule has 0 aromatic heterocycles. The van der Waals surface area contributed by atoms with Crippen LogP contribution in [0.25, 0.3) is 0 Å². The number of aromatic hydroxyl groups is 1. The molecule has 20 heavy (non-hydrogen) atoms. The van der Waals surface area contributed by atoms with Crippen LogP contribution >= 0.6 is 35.4 Å². The molecular weight excluding hydrogens is 317 g/mol. The molecule has 0 saturated heterocycles. The lowest BCUT2D eigenvalue weighted by molar-refractivity contribution is 0.285. The molecule has 0 spiro atoms. The molecule has 1 aromatic carbocycles. The van der Waals surface area contributed by atoms with Gasteiger partial charge < -0.3 is 10.8 Å². The summed E-state index contributed by atoms with van der Waals surface area (Å²) in [6.45, 7) is 6.68. The Morgan fingerprint density at radius 3 is 2.55 bits per heavy atom. The van der Waals surface area contributed by atoms with Crippen molar-refractivity contribution in [2.75, 3.05) is 6.54 Å². The summed E-state index contributed by atoms with van der Waals surface area (Å²) in [6.07, 6.45) is 1.43. The van der Waals surface area contributed by atoms with E-state index >= 15 is 0 Å². The first-order chi connectivity index (χ1) is 9.10. The number of halogens is 2. The van der Waals surface area contributed by atoms with Crippen molar-refractivity contribution < 1.29 is 5.11 Å². The van der Waals surface area contributed by atoms with Crippen molar-refractivity contribution in [2.24, 2.45) is 16.3 Å². The Hall–Kier alpha value is -1.04. The summed E-state index contributed by atoms with van der Waals surface area (Å²) in [5, 5.41) is 16.2. The Kier molecular flexibility index (Phi) is 5.62. The number of phenols is 1. The third-order valence-electron chi connectivity index (χ3n) is 2.27. The second-order valence-electron chi connectivity index (χ2n) is 5.53. The van der Waals surface area contributed by atoms with Crippen molar-refractivity contribution in [2.45, 2.75) is 20.8 Å². The topological polar surface area (TPSA) is 61.8 Å². The van der Waals surface area contributed by atoms with E-state index in [0.717, 1.165) is 0 Å². The SMILES string of the molecule is CC(C)(C)CN(/N=C/c1cc(Cl)cc(Cl)c1O)C(N)=S. The second kappa shape index (κ2) is 6.61. The summed E-state index contributed by atoms with van der Waals surface area (Å²) < 4.78 is 0. The number of hydrogen-bond acceptors (Lipinski definition) is 3. The summed E-state index contributed by atoms with van der Waals surface area (Å²) in [6, 6.07) is 3.01. The minimum atomic E-state index is -0.0848. The highest BCUT2D eigenvalue weighted by Crippen LogP contribution is 2.30. The number of benzene rings is 1. The molecule has 0 unspecified atom stereocenters. The fourth-order valence-electron chi connectivity index (χ4n) is 1.44. The Bertz CT molecular complexity index is 541. The molecule has 0 amide bonds. The van der Waals surface area contributed by atoms with Crippen LogP contribution in [-0.4, -0.2) is 28.0 Å². The van der Waals surface area contributed by atoms with Crippen molar-refractivity contribution in [3.05, 3.63) is 27.7 Å². The number of phenolic OH excluding ortho intramolecular Hbond substituents is 1. The van der Waals surface area contributed by atoms with Crippen LogP contribution in [0.5, 0.6) is 5.75 Å². The number of nitrogens with two attached hydrogens (primary N) is 1. The van der Waals surface area contributed by atoms with E-state index in [1.54, 1.807) is 6.07 Å². The lowest BCUT2D eigenvalue weighted by atomic mass is 9.97. The van der Waals surface area contributed by atoms with E-state index in [1.165, 1.54) is 17.3 Å². The molecule has 0 aliphatic carbocycles. The van der Waals surface area contributed by atoms with Crippen LogP contribution in [0.4, 0.5) is 0 Å². The molecular formula is C13H17Cl2N3OS. The van der Waals surface area contributed by atoms with Gasteiger partial charge in [0.2, 0.25) is 0 Å². The summed E-state index contributed by atoms with van der Waals surface area (Å²) in [4.78, 5) is 0. The third kappa shape index (κ3) is 5.15. The minimum absolute atomic E-state index is 0.0329. The molecule has 0 aliphatic rings. The van der Waals surface area contributed by atoms with Gasteiger partial charge in [-0.25, -0.2) is 5.01 Å². The molecule has 0 atom stereocenters. The normalized spacial score (nSPS) is 11.8. The Morgan fingerprint density at radius 2 is 2.05 bits per heavy atom. The van der Waals surface area contributed by atoms with Crippen LogP contribution < -0.4 is 5.73 Å². The van der Waals surface area contributed by atoms with Gasteiger partial charge in [-0.15, -0.1) is 0 Å². The quantitative estimate of drug-likeness (QED) is 0.503. The highest BCUT2D eigenvalue weighted by atomic mass is 35.5. The molecule has 110 valence electrons. The predicted molar refractivity (Wildman–Crippen MR) is 88.7 cm³/mol. The Labute approximate surface area is 134 Å². The predicted octanol–water partition coefficient (Wildman–Crippen LogP) is 3.62. The number of hydrazone groups is 1. The first-order valence-electron chi connectivity index (χ1n) is 5.89. The van der Waals surface area contributed by atoms with Gasteiger partial charge in [0.15, 0.2) is 5.11 Å². The van der Waals surface area contributed by atoms with Crippen molar-refractivity contribution in [3.63, 3.8) is 0 Å². The van der Waals surface area contributed by atoms with Crippen molar-refractivity contribution in [3.8, 4) is 5.75 Å². The van der Waals surface area contributed by atoms with Crippen molar-refractivity contribution in [1.82, 2.24) is 5.01 Å². The largest absolute Gasteiger partial charge is 0.506 e. The zero-order chi connectivity index (χ0) is 15.5. The molecule has 1 aromatic rings. The summed E-state index contributed by atoms with van der Waals surface area (Å²) in [5.74, 6) is -0.0848. The van der Waals surface area contributed by atoms with Crippen LogP contribution in [0.3, 0.4) is 0 Å². The highest BCUT2D eigenvalue weighted by Gasteiger charge is 2.17. The van der Waals surface area contributed by atoms with Crippen LogP contribution in [0.2, 0.25) is 10.0 Å². The molecule has 0 heterocycles. The van der Waals surface area contributed by atoms with Crippen molar-refractivity contribution in [1.29, 1.82) is 0 Å². The minimum Gasteiger partial charge on any atom is -0.506 e. The standard InChI is InChI=1S/C13H17Cl2N3OS/c1-13(2,3)7-18(12(16)20)17-6-8-4-9(14)5-10(15)11(8)19/h4-6,19H,7H2,1-3H3,(H2,16,20)/b17-6+. The van der Waals surface area contributed by atoms with Crippen LogP contribution in [0, 0.1) is 5.41 Å². The van der Waals surface area contributed by atoms with Gasteiger partial charge in [0, 0.05) is 17.1 Å². The molecule has 1 rings (SSSR count). The fraction of sp³-hybridized carbons (Fsp3) is 0.385. The average molecular weight is 334 g/mol. The maximum absolute atomic E-state index is 9.84. The zero-order valence-electron chi connectivity index (χ0n) is 11.5. The maximum atomic E-state index is 9.84. The summed E-state index contributed by atoms with van der Waals surface area (Å²) >= 11 is 16.7. The summed E-state index contributed by atoms with van der Waals surface area (Å²) in [7, 11) is 0. The first-order valence-corrected chi connectivity index (χ1v) is 7.05. The lowest BCUT2D eigenvalue weighted by Gasteiger charge is -2.26. The Morgan fingerprint density at radius 1 is 1.45 bits per heavy atom. The van der Waals surface area contributed by atoms with Crippen LogP contribution in [0.1, 0.15) is 26.3 Å². The first kappa shape index (κ1) is 17.0. The molecule has 0 radical (unpaired) electrons. The molecule has 0 bridgehead atoms. The molecule has 7 heteroatoms. The number of thiocarbonyl (C=S) groups is 1. The smallest absolute Gasteiger partial charge is 0.186 e. The average Bonchev–Trinajstić information content (AvgIpc) is 2.28. The number of rotatable bonds is 3. The van der Waals surface area contributed by atoms with Gasteiger partial charge in [-0.3, -0.25) is 0 Å². The van der Waals surface area contributed by atoms with Crippen LogP contribution in [0.15, 0.2) is 17.2 Å².